The molecule has 86 valence electrons. The minimum atomic E-state index is 0.462. The normalized spacial score (nSPS) is 9.94. The number of hydrogen-bond acceptors (Lipinski definition) is 2. The smallest absolute Gasteiger partial charge is 0.207 e. The highest BCUT2D eigenvalue weighted by Gasteiger charge is 1.99. The van der Waals surface area contributed by atoms with Gasteiger partial charge in [-0.2, -0.15) is 0 Å². The summed E-state index contributed by atoms with van der Waals surface area (Å²) in [5.41, 5.74) is 4.37. The number of rotatable bonds is 4. The van der Waals surface area contributed by atoms with E-state index in [2.05, 4.69) is 41.5 Å². The van der Waals surface area contributed by atoms with Gasteiger partial charge in [0.15, 0.2) is 0 Å². The van der Waals surface area contributed by atoms with Crippen molar-refractivity contribution in [2.75, 3.05) is 0 Å². The second kappa shape index (κ2) is 5.25. The van der Waals surface area contributed by atoms with Crippen LogP contribution in [0.4, 0.5) is 0 Å². The summed E-state index contributed by atoms with van der Waals surface area (Å²) in [6, 6.07) is 12.3. The van der Waals surface area contributed by atoms with Crippen molar-refractivity contribution >= 4 is 6.41 Å². The minimum absolute atomic E-state index is 0.462. The Morgan fingerprint density at radius 2 is 1.94 bits per heavy atom. The number of pyridine rings is 1. The standard InChI is InChI=1S/C14H14N2O/c1-11-2-4-12(5-3-11)13-6-7-16-14(8-13)9-15-10-17/h2-8,10H,9H2,1H3,(H,15,17). The van der Waals surface area contributed by atoms with Gasteiger partial charge in [0.05, 0.1) is 12.2 Å². The first-order chi connectivity index (χ1) is 8.29. The second-order valence-electron chi connectivity index (χ2n) is 3.90. The molecule has 0 aliphatic heterocycles. The van der Waals surface area contributed by atoms with Gasteiger partial charge in [0.2, 0.25) is 6.41 Å². The third kappa shape index (κ3) is 2.91. The highest BCUT2D eigenvalue weighted by Crippen LogP contribution is 2.19. The van der Waals surface area contributed by atoms with Crippen LogP contribution in [0.1, 0.15) is 11.3 Å². The molecule has 1 aromatic heterocycles. The van der Waals surface area contributed by atoms with Crippen LogP contribution in [0.25, 0.3) is 11.1 Å². The van der Waals surface area contributed by atoms with Gasteiger partial charge in [-0.1, -0.05) is 29.8 Å². The number of carbonyl (C=O) groups is 1. The molecule has 0 aliphatic rings. The Morgan fingerprint density at radius 1 is 1.18 bits per heavy atom. The van der Waals surface area contributed by atoms with Crippen molar-refractivity contribution in [3.8, 4) is 11.1 Å². The van der Waals surface area contributed by atoms with Crippen LogP contribution in [0.5, 0.6) is 0 Å². The fourth-order valence-electron chi connectivity index (χ4n) is 1.65. The van der Waals surface area contributed by atoms with Gasteiger partial charge < -0.3 is 5.32 Å². The summed E-state index contributed by atoms with van der Waals surface area (Å²) in [6.07, 6.45) is 2.44. The lowest BCUT2D eigenvalue weighted by molar-refractivity contribution is -0.109. The van der Waals surface area contributed by atoms with Crippen LogP contribution in [0.15, 0.2) is 42.6 Å². The van der Waals surface area contributed by atoms with Crippen LogP contribution in [-0.2, 0) is 11.3 Å². The number of aromatic nitrogens is 1. The topological polar surface area (TPSA) is 42.0 Å². The van der Waals surface area contributed by atoms with Gasteiger partial charge in [-0.05, 0) is 30.2 Å². The van der Waals surface area contributed by atoms with E-state index in [1.54, 1.807) is 6.20 Å². The van der Waals surface area contributed by atoms with E-state index in [4.69, 9.17) is 0 Å². The van der Waals surface area contributed by atoms with Gasteiger partial charge in [0.1, 0.15) is 0 Å². The van der Waals surface area contributed by atoms with E-state index in [1.165, 1.54) is 5.56 Å². The number of aryl methyl sites for hydroxylation is 1. The third-order valence-electron chi connectivity index (χ3n) is 2.57. The summed E-state index contributed by atoms with van der Waals surface area (Å²) in [4.78, 5) is 14.4. The molecule has 1 amide bonds. The molecule has 1 aromatic carbocycles. The van der Waals surface area contributed by atoms with E-state index in [-0.39, 0.29) is 0 Å². The Morgan fingerprint density at radius 3 is 2.65 bits per heavy atom. The Balaban J connectivity index is 2.26. The van der Waals surface area contributed by atoms with Crippen LogP contribution in [0.2, 0.25) is 0 Å². The van der Waals surface area contributed by atoms with Gasteiger partial charge in [-0.15, -0.1) is 0 Å². The zero-order chi connectivity index (χ0) is 12.1. The SMILES string of the molecule is Cc1ccc(-c2ccnc(CNC=O)c2)cc1. The molecule has 17 heavy (non-hydrogen) atoms. The van der Waals surface area contributed by atoms with E-state index >= 15 is 0 Å². The fourth-order valence-corrected chi connectivity index (χ4v) is 1.65. The zero-order valence-corrected chi connectivity index (χ0v) is 9.68. The molecule has 1 heterocycles. The molecule has 0 spiro atoms. The molecule has 3 nitrogen and oxygen atoms in total. The first-order valence-electron chi connectivity index (χ1n) is 5.48. The molecule has 0 bridgehead atoms. The lowest BCUT2D eigenvalue weighted by Crippen LogP contribution is -2.10. The summed E-state index contributed by atoms with van der Waals surface area (Å²) < 4.78 is 0. The maximum Gasteiger partial charge on any atom is 0.207 e. The molecule has 0 unspecified atom stereocenters. The first kappa shape index (κ1) is 11.3. The Bertz CT molecular complexity index is 506. The average molecular weight is 226 g/mol. The molecule has 2 aromatic rings. The molecule has 3 heteroatoms. The van der Waals surface area contributed by atoms with E-state index < -0.39 is 0 Å². The fraction of sp³-hybridized carbons (Fsp3) is 0.143. The Kier molecular flexibility index (Phi) is 3.50. The monoisotopic (exact) mass is 226 g/mol. The summed E-state index contributed by atoms with van der Waals surface area (Å²) in [5, 5.41) is 2.61. The van der Waals surface area contributed by atoms with Gasteiger partial charge in [-0.25, -0.2) is 0 Å². The first-order valence-corrected chi connectivity index (χ1v) is 5.48. The number of benzene rings is 1. The largest absolute Gasteiger partial charge is 0.353 e. The molecular weight excluding hydrogens is 212 g/mol. The van der Waals surface area contributed by atoms with Gasteiger partial charge in [-0.3, -0.25) is 9.78 Å². The molecule has 1 N–H and O–H groups in total. The van der Waals surface area contributed by atoms with Crippen molar-refractivity contribution in [2.45, 2.75) is 13.5 Å². The summed E-state index contributed by atoms with van der Waals surface area (Å²) in [7, 11) is 0. The predicted molar refractivity (Wildman–Crippen MR) is 67.3 cm³/mol. The molecule has 0 saturated heterocycles. The summed E-state index contributed by atoms with van der Waals surface area (Å²) >= 11 is 0. The predicted octanol–water partition coefficient (Wildman–Crippen LogP) is 2.30. The van der Waals surface area contributed by atoms with Crippen LogP contribution in [0, 0.1) is 6.92 Å². The van der Waals surface area contributed by atoms with Crippen molar-refractivity contribution < 1.29 is 4.79 Å². The molecule has 0 saturated carbocycles. The van der Waals surface area contributed by atoms with Crippen LogP contribution in [0.3, 0.4) is 0 Å². The van der Waals surface area contributed by atoms with Crippen molar-refractivity contribution in [1.82, 2.24) is 10.3 Å². The number of nitrogens with one attached hydrogen (secondary N) is 1. The Hall–Kier alpha value is -2.16. The Labute approximate surface area is 101 Å². The van der Waals surface area contributed by atoms with Crippen molar-refractivity contribution in [3.63, 3.8) is 0 Å². The van der Waals surface area contributed by atoms with E-state index in [9.17, 15) is 4.79 Å². The average Bonchev–Trinajstić information content (AvgIpc) is 2.37. The minimum Gasteiger partial charge on any atom is -0.353 e. The highest BCUT2D eigenvalue weighted by atomic mass is 16.1. The number of amides is 1. The summed E-state index contributed by atoms with van der Waals surface area (Å²) in [5.74, 6) is 0. The second-order valence-corrected chi connectivity index (χ2v) is 3.90. The van der Waals surface area contributed by atoms with Gasteiger partial charge in [0, 0.05) is 6.20 Å². The van der Waals surface area contributed by atoms with Crippen LogP contribution in [-0.4, -0.2) is 11.4 Å². The molecule has 2 rings (SSSR count). The number of hydrogen-bond donors (Lipinski definition) is 1. The quantitative estimate of drug-likeness (QED) is 0.813. The van der Waals surface area contributed by atoms with E-state index in [0.29, 0.717) is 13.0 Å². The van der Waals surface area contributed by atoms with Crippen LogP contribution >= 0.6 is 0 Å². The van der Waals surface area contributed by atoms with Crippen molar-refractivity contribution in [3.05, 3.63) is 53.9 Å². The third-order valence-corrected chi connectivity index (χ3v) is 2.57. The zero-order valence-electron chi connectivity index (χ0n) is 9.68. The summed E-state index contributed by atoms with van der Waals surface area (Å²) in [6.45, 7) is 2.53. The number of nitrogens with zero attached hydrogens (tertiary/aromatic N) is 1. The lowest BCUT2D eigenvalue weighted by atomic mass is 10.0. The van der Waals surface area contributed by atoms with Gasteiger partial charge in [0.25, 0.3) is 0 Å². The maximum absolute atomic E-state index is 10.2. The van der Waals surface area contributed by atoms with E-state index in [1.807, 2.05) is 12.1 Å². The van der Waals surface area contributed by atoms with Crippen molar-refractivity contribution in [2.24, 2.45) is 0 Å². The highest BCUT2D eigenvalue weighted by molar-refractivity contribution is 5.63. The molecular formula is C14H14N2O. The molecule has 0 aliphatic carbocycles. The molecule has 0 fully saturated rings. The van der Waals surface area contributed by atoms with Crippen LogP contribution < -0.4 is 5.32 Å². The molecule has 0 atom stereocenters. The molecule has 0 radical (unpaired) electrons. The lowest BCUT2D eigenvalue weighted by Gasteiger charge is -2.04. The maximum atomic E-state index is 10.2. The number of carbonyl (C=O) groups excluding carboxylic acids is 1. The van der Waals surface area contributed by atoms with E-state index in [0.717, 1.165) is 16.8 Å². The van der Waals surface area contributed by atoms with Gasteiger partial charge >= 0.3 is 0 Å². The van der Waals surface area contributed by atoms with Crippen molar-refractivity contribution in [1.29, 1.82) is 0 Å².